The van der Waals surface area contributed by atoms with Gasteiger partial charge in [-0.1, -0.05) is 65.8 Å². The number of benzene rings is 2. The SMILES string of the molecule is O=CN[C@@H](Cc1ccccc1)[C@H]1CC(Cc2ccccc2)=NO1. The highest BCUT2D eigenvalue weighted by atomic mass is 16.6. The number of nitrogens with one attached hydrogen (secondary N) is 1. The molecule has 0 aliphatic carbocycles. The van der Waals surface area contributed by atoms with Crippen molar-refractivity contribution in [1.29, 1.82) is 0 Å². The van der Waals surface area contributed by atoms with Crippen molar-refractivity contribution < 1.29 is 9.63 Å². The predicted octanol–water partition coefficient (Wildman–Crippen LogP) is 2.73. The zero-order valence-corrected chi connectivity index (χ0v) is 12.9. The highest BCUT2D eigenvalue weighted by Gasteiger charge is 2.29. The maximum absolute atomic E-state index is 10.9. The topological polar surface area (TPSA) is 50.7 Å². The van der Waals surface area contributed by atoms with E-state index in [9.17, 15) is 4.79 Å². The van der Waals surface area contributed by atoms with Gasteiger partial charge in [0.1, 0.15) is 0 Å². The minimum Gasteiger partial charge on any atom is -0.390 e. The molecule has 1 heterocycles. The van der Waals surface area contributed by atoms with Crippen molar-refractivity contribution in [3.63, 3.8) is 0 Å². The Morgan fingerprint density at radius 3 is 2.39 bits per heavy atom. The van der Waals surface area contributed by atoms with Crippen LogP contribution < -0.4 is 5.32 Å². The van der Waals surface area contributed by atoms with Gasteiger partial charge in [-0.3, -0.25) is 4.79 Å². The number of nitrogens with zero attached hydrogens (tertiary/aromatic N) is 1. The average molecular weight is 308 g/mol. The molecule has 2 aromatic carbocycles. The number of amides is 1. The summed E-state index contributed by atoms with van der Waals surface area (Å²) >= 11 is 0. The Morgan fingerprint density at radius 2 is 1.74 bits per heavy atom. The van der Waals surface area contributed by atoms with Crippen LogP contribution in [0, 0.1) is 0 Å². The summed E-state index contributed by atoms with van der Waals surface area (Å²) < 4.78 is 0. The third-order valence-electron chi connectivity index (χ3n) is 4.03. The van der Waals surface area contributed by atoms with Crippen LogP contribution in [0.15, 0.2) is 65.8 Å². The summed E-state index contributed by atoms with van der Waals surface area (Å²) in [7, 11) is 0. The Bertz CT molecular complexity index is 656. The quantitative estimate of drug-likeness (QED) is 0.800. The van der Waals surface area contributed by atoms with Crippen LogP contribution in [0.1, 0.15) is 17.5 Å². The lowest BCUT2D eigenvalue weighted by Crippen LogP contribution is -2.41. The van der Waals surface area contributed by atoms with E-state index in [1.165, 1.54) is 11.1 Å². The summed E-state index contributed by atoms with van der Waals surface area (Å²) in [5.41, 5.74) is 3.41. The first-order valence-corrected chi connectivity index (χ1v) is 7.84. The third kappa shape index (κ3) is 4.19. The normalized spacial score (nSPS) is 17.9. The first kappa shape index (κ1) is 15.3. The predicted molar refractivity (Wildman–Crippen MR) is 90.2 cm³/mol. The van der Waals surface area contributed by atoms with Crippen LogP contribution in [0.4, 0.5) is 0 Å². The van der Waals surface area contributed by atoms with Crippen molar-refractivity contribution in [2.45, 2.75) is 31.4 Å². The van der Waals surface area contributed by atoms with Crippen LogP contribution in [0.2, 0.25) is 0 Å². The van der Waals surface area contributed by atoms with Crippen molar-refractivity contribution in [1.82, 2.24) is 5.32 Å². The number of hydrogen-bond acceptors (Lipinski definition) is 3. The molecule has 0 aromatic heterocycles. The van der Waals surface area contributed by atoms with Gasteiger partial charge in [-0.15, -0.1) is 0 Å². The van der Waals surface area contributed by atoms with Gasteiger partial charge in [0.05, 0.1) is 11.8 Å². The fraction of sp³-hybridized carbons (Fsp3) is 0.263. The lowest BCUT2D eigenvalue weighted by molar-refractivity contribution is -0.111. The lowest BCUT2D eigenvalue weighted by Gasteiger charge is -2.21. The highest BCUT2D eigenvalue weighted by molar-refractivity contribution is 5.87. The number of hydrogen-bond donors (Lipinski definition) is 1. The van der Waals surface area contributed by atoms with Crippen molar-refractivity contribution in [3.8, 4) is 0 Å². The van der Waals surface area contributed by atoms with Crippen molar-refractivity contribution in [3.05, 3.63) is 71.8 Å². The molecule has 118 valence electrons. The first-order valence-electron chi connectivity index (χ1n) is 7.84. The van der Waals surface area contributed by atoms with Gasteiger partial charge >= 0.3 is 0 Å². The molecular weight excluding hydrogens is 288 g/mol. The van der Waals surface area contributed by atoms with E-state index >= 15 is 0 Å². The Morgan fingerprint density at radius 1 is 1.09 bits per heavy atom. The highest BCUT2D eigenvalue weighted by Crippen LogP contribution is 2.19. The summed E-state index contributed by atoms with van der Waals surface area (Å²) in [6.45, 7) is 0. The van der Waals surface area contributed by atoms with Crippen LogP contribution in [0.3, 0.4) is 0 Å². The van der Waals surface area contributed by atoms with Crippen LogP contribution in [0.5, 0.6) is 0 Å². The van der Waals surface area contributed by atoms with Crippen LogP contribution in [-0.4, -0.2) is 24.3 Å². The minimum absolute atomic E-state index is 0.0769. The smallest absolute Gasteiger partial charge is 0.207 e. The number of rotatable bonds is 7. The average Bonchev–Trinajstić information content (AvgIpc) is 3.05. The first-order chi connectivity index (χ1) is 11.3. The Balaban J connectivity index is 1.60. The molecule has 0 unspecified atom stereocenters. The summed E-state index contributed by atoms with van der Waals surface area (Å²) in [6, 6.07) is 20.2. The van der Waals surface area contributed by atoms with E-state index in [0.29, 0.717) is 0 Å². The second-order valence-electron chi connectivity index (χ2n) is 5.75. The Labute approximate surface area is 136 Å². The molecule has 2 aromatic rings. The van der Waals surface area contributed by atoms with E-state index < -0.39 is 0 Å². The van der Waals surface area contributed by atoms with Crippen molar-refractivity contribution in [2.24, 2.45) is 5.16 Å². The van der Waals surface area contributed by atoms with Gasteiger partial charge in [-0.25, -0.2) is 0 Å². The number of carbonyl (C=O) groups is 1. The maximum Gasteiger partial charge on any atom is 0.207 e. The number of carbonyl (C=O) groups excluding carboxylic acids is 1. The number of oxime groups is 1. The van der Waals surface area contributed by atoms with Crippen LogP contribution in [0.25, 0.3) is 0 Å². The molecule has 1 amide bonds. The van der Waals surface area contributed by atoms with E-state index in [0.717, 1.165) is 31.4 Å². The van der Waals surface area contributed by atoms with Gasteiger partial charge in [0.25, 0.3) is 0 Å². The monoisotopic (exact) mass is 308 g/mol. The van der Waals surface area contributed by atoms with Crippen molar-refractivity contribution >= 4 is 12.1 Å². The molecule has 4 nitrogen and oxygen atoms in total. The summed E-state index contributed by atoms with van der Waals surface area (Å²) in [4.78, 5) is 16.5. The Kier molecular flexibility index (Phi) is 5.04. The summed E-state index contributed by atoms with van der Waals surface area (Å²) in [5.74, 6) is 0. The van der Waals surface area contributed by atoms with E-state index in [2.05, 4.69) is 34.7 Å². The standard InChI is InChI=1S/C19H20N2O2/c22-14-20-18(12-16-9-5-2-6-10-16)19-13-17(21-23-19)11-15-7-3-1-4-8-15/h1-10,14,18-19H,11-13H2,(H,20,22)/t18-,19+/m0/s1. The van der Waals surface area contributed by atoms with E-state index in [-0.39, 0.29) is 12.1 Å². The minimum atomic E-state index is -0.112. The fourth-order valence-electron chi connectivity index (χ4n) is 2.85. The van der Waals surface area contributed by atoms with Gasteiger partial charge in [-0.2, -0.15) is 0 Å². The largest absolute Gasteiger partial charge is 0.390 e. The molecule has 3 rings (SSSR count). The van der Waals surface area contributed by atoms with Gasteiger partial charge < -0.3 is 10.2 Å². The molecule has 0 radical (unpaired) electrons. The summed E-state index contributed by atoms with van der Waals surface area (Å²) in [5, 5.41) is 7.10. The molecule has 1 aliphatic rings. The third-order valence-corrected chi connectivity index (χ3v) is 4.03. The fourth-order valence-corrected chi connectivity index (χ4v) is 2.85. The van der Waals surface area contributed by atoms with Crippen LogP contribution >= 0.6 is 0 Å². The molecule has 23 heavy (non-hydrogen) atoms. The van der Waals surface area contributed by atoms with Crippen LogP contribution in [-0.2, 0) is 22.5 Å². The zero-order chi connectivity index (χ0) is 15.9. The van der Waals surface area contributed by atoms with Gasteiger partial charge in [0.15, 0.2) is 6.10 Å². The van der Waals surface area contributed by atoms with Crippen molar-refractivity contribution in [2.75, 3.05) is 0 Å². The second-order valence-corrected chi connectivity index (χ2v) is 5.75. The lowest BCUT2D eigenvalue weighted by atomic mass is 9.96. The van der Waals surface area contributed by atoms with E-state index in [1.54, 1.807) is 0 Å². The molecule has 1 aliphatic heterocycles. The molecule has 0 saturated heterocycles. The molecule has 0 saturated carbocycles. The molecular formula is C19H20N2O2. The summed E-state index contributed by atoms with van der Waals surface area (Å²) in [6.07, 6.45) is 2.90. The van der Waals surface area contributed by atoms with Gasteiger partial charge in [-0.05, 0) is 17.5 Å². The molecule has 1 N–H and O–H groups in total. The maximum atomic E-state index is 10.9. The van der Waals surface area contributed by atoms with E-state index in [1.807, 2.05) is 36.4 Å². The van der Waals surface area contributed by atoms with Gasteiger partial charge in [0, 0.05) is 12.8 Å². The molecule has 4 heteroatoms. The second kappa shape index (κ2) is 7.58. The molecule has 0 fully saturated rings. The molecule has 2 atom stereocenters. The molecule has 0 spiro atoms. The molecule has 0 bridgehead atoms. The van der Waals surface area contributed by atoms with E-state index in [4.69, 9.17) is 4.84 Å². The zero-order valence-electron chi connectivity index (χ0n) is 12.9. The Hall–Kier alpha value is -2.62. The van der Waals surface area contributed by atoms with Gasteiger partial charge in [0.2, 0.25) is 6.41 Å².